The maximum absolute atomic E-state index is 12.0. The van der Waals surface area contributed by atoms with Crippen molar-refractivity contribution in [1.29, 1.82) is 0 Å². The summed E-state index contributed by atoms with van der Waals surface area (Å²) in [7, 11) is 0.511. The van der Waals surface area contributed by atoms with E-state index < -0.39 is 15.7 Å². The molecule has 0 aliphatic carbocycles. The van der Waals surface area contributed by atoms with Crippen molar-refractivity contribution in [2.24, 2.45) is 0 Å². The van der Waals surface area contributed by atoms with Crippen molar-refractivity contribution in [2.45, 2.75) is 17.4 Å². The second-order valence-electron chi connectivity index (χ2n) is 3.76. The molecule has 2 atom stereocenters. The van der Waals surface area contributed by atoms with Gasteiger partial charge in [-0.1, -0.05) is 0 Å². The van der Waals surface area contributed by atoms with Gasteiger partial charge >= 0.3 is 0 Å². The first kappa shape index (κ1) is 14.7. The fourth-order valence-electron chi connectivity index (χ4n) is 1.47. The highest BCUT2D eigenvalue weighted by molar-refractivity contribution is 7.85. The third-order valence-corrected chi connectivity index (χ3v) is 4.05. The first-order chi connectivity index (χ1) is 8.58. The Morgan fingerprint density at radius 1 is 1.44 bits per heavy atom. The van der Waals surface area contributed by atoms with Gasteiger partial charge in [0.1, 0.15) is 0 Å². The molecule has 100 valence electrons. The summed E-state index contributed by atoms with van der Waals surface area (Å²) in [5.41, 5.74) is -0.0173. The number of aliphatic hydroxyl groups is 1. The number of hydrogen-bond acceptors (Lipinski definition) is 5. The molecule has 18 heavy (non-hydrogen) atoms. The third-order valence-electron chi connectivity index (χ3n) is 2.55. The summed E-state index contributed by atoms with van der Waals surface area (Å²) in [6.07, 6.45) is 0.523. The number of nitro benzene ring substituents is 1. The Kier molecular flexibility index (Phi) is 5.90. The van der Waals surface area contributed by atoms with Crippen molar-refractivity contribution in [3.05, 3.63) is 34.4 Å². The Hall–Kier alpha value is -1.31. The van der Waals surface area contributed by atoms with Crippen molar-refractivity contribution in [2.75, 3.05) is 19.4 Å². The van der Waals surface area contributed by atoms with E-state index in [9.17, 15) is 14.3 Å². The molecule has 0 saturated carbocycles. The Morgan fingerprint density at radius 3 is 2.50 bits per heavy atom. The van der Waals surface area contributed by atoms with Crippen LogP contribution in [0, 0.1) is 10.1 Å². The van der Waals surface area contributed by atoms with Crippen molar-refractivity contribution in [1.82, 2.24) is 5.32 Å². The quantitative estimate of drug-likeness (QED) is 0.562. The summed E-state index contributed by atoms with van der Waals surface area (Å²) in [6.45, 7) is 0.0307. The third kappa shape index (κ3) is 4.17. The highest BCUT2D eigenvalue weighted by Gasteiger charge is 2.13. The monoisotopic (exact) mass is 272 g/mol. The van der Waals surface area contributed by atoms with Crippen LogP contribution < -0.4 is 5.32 Å². The molecule has 1 aromatic rings. The van der Waals surface area contributed by atoms with Gasteiger partial charge in [-0.05, 0) is 25.6 Å². The van der Waals surface area contributed by atoms with Crippen LogP contribution in [-0.2, 0) is 10.8 Å². The number of rotatable bonds is 7. The van der Waals surface area contributed by atoms with Gasteiger partial charge in [-0.3, -0.25) is 14.3 Å². The minimum absolute atomic E-state index is 0.0173. The predicted octanol–water partition coefficient (Wildman–Crippen LogP) is 0.673. The Bertz CT molecular complexity index is 422. The molecule has 0 bridgehead atoms. The molecular weight excluding hydrogens is 256 g/mol. The zero-order chi connectivity index (χ0) is 13.5. The molecule has 0 heterocycles. The average Bonchev–Trinajstić information content (AvgIpc) is 2.38. The molecule has 0 saturated heterocycles. The highest BCUT2D eigenvalue weighted by Crippen LogP contribution is 2.15. The van der Waals surface area contributed by atoms with Gasteiger partial charge in [-0.2, -0.15) is 0 Å². The van der Waals surface area contributed by atoms with Gasteiger partial charge in [-0.25, -0.2) is 0 Å². The van der Waals surface area contributed by atoms with Crippen LogP contribution in [0.4, 0.5) is 5.69 Å². The van der Waals surface area contributed by atoms with Gasteiger partial charge in [0.25, 0.3) is 5.69 Å². The van der Waals surface area contributed by atoms with Crippen LogP contribution in [0.15, 0.2) is 29.2 Å². The standard InChI is InChI=1S/C11H16N2O4S/c1-12-9(6-7-14)8-18(17)11-4-2-10(3-5-11)13(15)16/h2-5,9,12,14H,6-8H2,1H3. The molecule has 0 fully saturated rings. The molecule has 0 aromatic heterocycles. The number of hydrogen-bond donors (Lipinski definition) is 2. The smallest absolute Gasteiger partial charge is 0.269 e. The number of nitrogens with zero attached hydrogens (tertiary/aromatic N) is 1. The van der Waals surface area contributed by atoms with Crippen molar-refractivity contribution < 1.29 is 14.2 Å². The highest BCUT2D eigenvalue weighted by atomic mass is 32.2. The maximum atomic E-state index is 12.0. The first-order valence-corrected chi connectivity index (χ1v) is 6.81. The lowest BCUT2D eigenvalue weighted by molar-refractivity contribution is -0.384. The van der Waals surface area contributed by atoms with Crippen LogP contribution >= 0.6 is 0 Å². The van der Waals surface area contributed by atoms with E-state index in [-0.39, 0.29) is 18.3 Å². The van der Waals surface area contributed by atoms with Gasteiger partial charge in [0.15, 0.2) is 0 Å². The number of nitro groups is 1. The zero-order valence-corrected chi connectivity index (χ0v) is 10.9. The Balaban J connectivity index is 2.69. The second-order valence-corrected chi connectivity index (χ2v) is 5.26. The van der Waals surface area contributed by atoms with E-state index in [2.05, 4.69) is 5.32 Å². The SMILES string of the molecule is CNC(CCO)CS(=O)c1ccc([N+](=O)[O-])cc1. The van der Waals surface area contributed by atoms with E-state index in [0.717, 1.165) is 0 Å². The summed E-state index contributed by atoms with van der Waals surface area (Å²) >= 11 is 0. The molecule has 0 aliphatic heterocycles. The number of nitrogens with one attached hydrogen (secondary N) is 1. The summed E-state index contributed by atoms with van der Waals surface area (Å²) in [5.74, 6) is 0.370. The number of non-ortho nitro benzene ring substituents is 1. The molecule has 0 spiro atoms. The van der Waals surface area contributed by atoms with Crippen LogP contribution in [0.3, 0.4) is 0 Å². The number of benzene rings is 1. The minimum atomic E-state index is -1.23. The zero-order valence-electron chi connectivity index (χ0n) is 10.0. The molecule has 0 radical (unpaired) electrons. The van der Waals surface area contributed by atoms with E-state index in [4.69, 9.17) is 5.11 Å². The van der Waals surface area contributed by atoms with E-state index in [1.165, 1.54) is 24.3 Å². The maximum Gasteiger partial charge on any atom is 0.269 e. The van der Waals surface area contributed by atoms with Crippen LogP contribution in [0.2, 0.25) is 0 Å². The average molecular weight is 272 g/mol. The van der Waals surface area contributed by atoms with E-state index in [1.54, 1.807) is 7.05 Å². The molecule has 2 unspecified atom stereocenters. The predicted molar refractivity (Wildman–Crippen MR) is 68.9 cm³/mol. The van der Waals surface area contributed by atoms with Gasteiger partial charge < -0.3 is 10.4 Å². The molecule has 6 nitrogen and oxygen atoms in total. The van der Waals surface area contributed by atoms with Crippen molar-refractivity contribution in [3.8, 4) is 0 Å². The van der Waals surface area contributed by atoms with Crippen LogP contribution in [0.5, 0.6) is 0 Å². The molecule has 0 aliphatic rings. The second kappa shape index (κ2) is 7.20. The molecule has 1 aromatic carbocycles. The van der Waals surface area contributed by atoms with Crippen LogP contribution in [0.1, 0.15) is 6.42 Å². The number of aliphatic hydroxyl groups excluding tert-OH is 1. The molecular formula is C11H16N2O4S. The molecule has 0 amide bonds. The molecule has 2 N–H and O–H groups in total. The minimum Gasteiger partial charge on any atom is -0.396 e. The van der Waals surface area contributed by atoms with Gasteiger partial charge in [-0.15, -0.1) is 0 Å². The summed E-state index contributed by atoms with van der Waals surface area (Å²) in [5, 5.41) is 22.3. The molecule has 7 heteroatoms. The molecule has 1 rings (SSSR count). The van der Waals surface area contributed by atoms with E-state index >= 15 is 0 Å². The normalized spacial score (nSPS) is 14.1. The Labute approximate surface area is 108 Å². The lowest BCUT2D eigenvalue weighted by Gasteiger charge is -2.14. The van der Waals surface area contributed by atoms with Gasteiger partial charge in [0.2, 0.25) is 0 Å². The fraction of sp³-hybridized carbons (Fsp3) is 0.455. The van der Waals surface area contributed by atoms with E-state index in [1.807, 2.05) is 0 Å². The largest absolute Gasteiger partial charge is 0.396 e. The topological polar surface area (TPSA) is 92.5 Å². The van der Waals surface area contributed by atoms with E-state index in [0.29, 0.717) is 17.1 Å². The lowest BCUT2D eigenvalue weighted by atomic mass is 10.2. The van der Waals surface area contributed by atoms with Gasteiger partial charge in [0.05, 0.1) is 15.7 Å². The summed E-state index contributed by atoms with van der Waals surface area (Å²) in [6, 6.07) is 5.65. The van der Waals surface area contributed by atoms with Gasteiger partial charge in [0, 0.05) is 35.4 Å². The van der Waals surface area contributed by atoms with Crippen LogP contribution in [0.25, 0.3) is 0 Å². The fourth-order valence-corrected chi connectivity index (χ4v) is 2.80. The summed E-state index contributed by atoms with van der Waals surface area (Å²) in [4.78, 5) is 10.5. The Morgan fingerprint density at radius 2 is 2.06 bits per heavy atom. The summed E-state index contributed by atoms with van der Waals surface area (Å²) < 4.78 is 12.0. The van der Waals surface area contributed by atoms with Crippen LogP contribution in [-0.4, -0.2) is 39.7 Å². The van der Waals surface area contributed by atoms with Crippen molar-refractivity contribution >= 4 is 16.5 Å². The lowest BCUT2D eigenvalue weighted by Crippen LogP contribution is -2.32. The van der Waals surface area contributed by atoms with Crippen molar-refractivity contribution in [3.63, 3.8) is 0 Å². The first-order valence-electron chi connectivity index (χ1n) is 5.49.